The maximum absolute atomic E-state index is 11.0. The third-order valence-electron chi connectivity index (χ3n) is 4.19. The first-order valence-corrected chi connectivity index (χ1v) is 7.73. The van der Waals surface area contributed by atoms with Crippen molar-refractivity contribution < 1.29 is 9.84 Å². The summed E-state index contributed by atoms with van der Waals surface area (Å²) < 4.78 is 6.12. The molecule has 2 aromatic carbocycles. The van der Waals surface area contributed by atoms with Gasteiger partial charge in [-0.05, 0) is 42.5 Å². The molecule has 0 aliphatic carbocycles. The smallest absolute Gasteiger partial charge is 0.123 e. The summed E-state index contributed by atoms with van der Waals surface area (Å²) in [6.07, 6.45) is 2.22. The Morgan fingerprint density at radius 3 is 2.33 bits per heavy atom. The number of halogens is 1. The van der Waals surface area contributed by atoms with E-state index in [-0.39, 0.29) is 0 Å². The first kappa shape index (κ1) is 14.6. The van der Waals surface area contributed by atoms with Crippen LogP contribution in [-0.4, -0.2) is 11.7 Å². The molecule has 1 heterocycles. The number of aliphatic hydroxyl groups is 1. The number of benzene rings is 2. The molecule has 1 unspecified atom stereocenters. The highest BCUT2D eigenvalue weighted by atomic mass is 35.5. The molecule has 0 radical (unpaired) electrons. The van der Waals surface area contributed by atoms with Gasteiger partial charge in [0, 0.05) is 11.6 Å². The van der Waals surface area contributed by atoms with Gasteiger partial charge in [-0.2, -0.15) is 0 Å². The van der Waals surface area contributed by atoms with Gasteiger partial charge in [-0.1, -0.05) is 54.1 Å². The minimum atomic E-state index is -0.697. The molecule has 3 rings (SSSR count). The summed E-state index contributed by atoms with van der Waals surface area (Å²) >= 11 is 5.94. The SMILES string of the molecule is OC(c1ccc(Cl)cc1)[C@]1(c2ccccc2)CCCCO1. The summed E-state index contributed by atoms with van der Waals surface area (Å²) in [5.41, 5.74) is 1.21. The van der Waals surface area contributed by atoms with E-state index in [1.165, 1.54) is 0 Å². The van der Waals surface area contributed by atoms with Crippen molar-refractivity contribution in [2.75, 3.05) is 6.61 Å². The molecule has 1 aliphatic rings. The number of ether oxygens (including phenoxy) is 1. The Hall–Kier alpha value is -1.35. The molecule has 3 heteroatoms. The maximum Gasteiger partial charge on any atom is 0.123 e. The predicted octanol–water partition coefficient (Wildman–Crippen LogP) is 4.47. The van der Waals surface area contributed by atoms with Crippen molar-refractivity contribution in [3.8, 4) is 0 Å². The van der Waals surface area contributed by atoms with Crippen molar-refractivity contribution in [3.05, 3.63) is 70.7 Å². The van der Waals surface area contributed by atoms with E-state index in [9.17, 15) is 5.11 Å². The summed E-state index contributed by atoms with van der Waals surface area (Å²) in [4.78, 5) is 0. The summed E-state index contributed by atoms with van der Waals surface area (Å²) in [7, 11) is 0. The van der Waals surface area contributed by atoms with Gasteiger partial charge >= 0.3 is 0 Å². The van der Waals surface area contributed by atoms with E-state index in [0.29, 0.717) is 11.6 Å². The van der Waals surface area contributed by atoms with Gasteiger partial charge in [0.05, 0.1) is 0 Å². The number of rotatable bonds is 3. The Labute approximate surface area is 130 Å². The van der Waals surface area contributed by atoms with Crippen molar-refractivity contribution in [2.45, 2.75) is 31.0 Å². The van der Waals surface area contributed by atoms with Crippen LogP contribution in [0.5, 0.6) is 0 Å². The van der Waals surface area contributed by atoms with E-state index in [0.717, 1.165) is 30.4 Å². The zero-order valence-corrected chi connectivity index (χ0v) is 12.6. The van der Waals surface area contributed by atoms with Gasteiger partial charge in [0.15, 0.2) is 0 Å². The second-order valence-electron chi connectivity index (χ2n) is 5.52. The third kappa shape index (κ3) is 2.84. The van der Waals surface area contributed by atoms with Crippen LogP contribution in [0.25, 0.3) is 0 Å². The largest absolute Gasteiger partial charge is 0.385 e. The van der Waals surface area contributed by atoms with Crippen LogP contribution in [0.15, 0.2) is 54.6 Å². The number of hydrogen-bond donors (Lipinski definition) is 1. The molecule has 0 amide bonds. The molecule has 2 atom stereocenters. The summed E-state index contributed by atoms with van der Waals surface area (Å²) in [6, 6.07) is 17.4. The molecule has 0 bridgehead atoms. The standard InChI is InChI=1S/C18H19ClO2/c19-16-10-8-14(9-11-16)17(20)18(12-4-5-13-21-18)15-6-2-1-3-7-15/h1-3,6-11,17,20H,4-5,12-13H2/t17?,18-/m1/s1. The highest BCUT2D eigenvalue weighted by Crippen LogP contribution is 2.45. The fourth-order valence-electron chi connectivity index (χ4n) is 3.05. The van der Waals surface area contributed by atoms with Crippen LogP contribution in [0.3, 0.4) is 0 Å². The first-order valence-electron chi connectivity index (χ1n) is 7.35. The second-order valence-corrected chi connectivity index (χ2v) is 5.95. The minimum absolute atomic E-state index is 0.659. The zero-order chi connectivity index (χ0) is 14.7. The maximum atomic E-state index is 11.0. The van der Waals surface area contributed by atoms with Crippen molar-refractivity contribution in [1.82, 2.24) is 0 Å². The quantitative estimate of drug-likeness (QED) is 0.906. The Balaban J connectivity index is 2.01. The Morgan fingerprint density at radius 2 is 1.71 bits per heavy atom. The zero-order valence-electron chi connectivity index (χ0n) is 11.8. The molecular formula is C18H19ClO2. The Kier molecular flexibility index (Phi) is 4.29. The minimum Gasteiger partial charge on any atom is -0.385 e. The average Bonchev–Trinajstić information content (AvgIpc) is 2.56. The summed E-state index contributed by atoms with van der Waals surface area (Å²) in [5, 5.41) is 11.6. The molecular weight excluding hydrogens is 284 g/mol. The van der Waals surface area contributed by atoms with Crippen molar-refractivity contribution in [2.24, 2.45) is 0 Å². The lowest BCUT2D eigenvalue weighted by atomic mass is 9.79. The van der Waals surface area contributed by atoms with Gasteiger partial charge in [0.2, 0.25) is 0 Å². The van der Waals surface area contributed by atoms with Crippen LogP contribution in [0.2, 0.25) is 5.02 Å². The molecule has 0 aromatic heterocycles. The van der Waals surface area contributed by atoms with Gasteiger partial charge in [-0.25, -0.2) is 0 Å². The van der Waals surface area contributed by atoms with E-state index in [1.807, 2.05) is 54.6 Å². The fraction of sp³-hybridized carbons (Fsp3) is 0.333. The average molecular weight is 303 g/mol. The Bertz CT molecular complexity index is 574. The topological polar surface area (TPSA) is 29.5 Å². The van der Waals surface area contributed by atoms with Crippen LogP contribution < -0.4 is 0 Å². The Morgan fingerprint density at radius 1 is 1.00 bits per heavy atom. The van der Waals surface area contributed by atoms with Crippen molar-refractivity contribution >= 4 is 11.6 Å². The lowest BCUT2D eigenvalue weighted by Crippen LogP contribution is -2.39. The highest BCUT2D eigenvalue weighted by Gasteiger charge is 2.42. The number of hydrogen-bond acceptors (Lipinski definition) is 2. The molecule has 1 saturated heterocycles. The molecule has 2 aromatic rings. The molecule has 0 saturated carbocycles. The van der Waals surface area contributed by atoms with Gasteiger partial charge in [-0.15, -0.1) is 0 Å². The lowest BCUT2D eigenvalue weighted by Gasteiger charge is -2.41. The third-order valence-corrected chi connectivity index (χ3v) is 4.44. The molecule has 1 fully saturated rings. The molecule has 110 valence electrons. The normalized spacial score (nSPS) is 23.7. The van der Waals surface area contributed by atoms with Crippen LogP contribution >= 0.6 is 11.6 Å². The second kappa shape index (κ2) is 6.18. The van der Waals surface area contributed by atoms with Crippen molar-refractivity contribution in [3.63, 3.8) is 0 Å². The van der Waals surface area contributed by atoms with Crippen LogP contribution in [0.4, 0.5) is 0 Å². The van der Waals surface area contributed by atoms with E-state index in [4.69, 9.17) is 16.3 Å². The van der Waals surface area contributed by atoms with E-state index < -0.39 is 11.7 Å². The fourth-order valence-corrected chi connectivity index (χ4v) is 3.18. The van der Waals surface area contributed by atoms with Crippen molar-refractivity contribution in [1.29, 1.82) is 0 Å². The van der Waals surface area contributed by atoms with E-state index in [1.54, 1.807) is 0 Å². The van der Waals surface area contributed by atoms with Gasteiger partial charge in [0.25, 0.3) is 0 Å². The molecule has 21 heavy (non-hydrogen) atoms. The van der Waals surface area contributed by atoms with E-state index in [2.05, 4.69) is 0 Å². The van der Waals surface area contributed by atoms with Gasteiger partial charge < -0.3 is 9.84 Å². The van der Waals surface area contributed by atoms with E-state index >= 15 is 0 Å². The van der Waals surface area contributed by atoms with Crippen LogP contribution in [0, 0.1) is 0 Å². The monoisotopic (exact) mass is 302 g/mol. The highest BCUT2D eigenvalue weighted by molar-refractivity contribution is 6.30. The van der Waals surface area contributed by atoms with Crippen LogP contribution in [-0.2, 0) is 10.3 Å². The summed E-state index contributed by atoms with van der Waals surface area (Å²) in [5.74, 6) is 0. The molecule has 1 N–H and O–H groups in total. The lowest BCUT2D eigenvalue weighted by molar-refractivity contribution is -0.157. The molecule has 0 spiro atoms. The van der Waals surface area contributed by atoms with Gasteiger partial charge in [0.1, 0.15) is 11.7 Å². The predicted molar refractivity (Wildman–Crippen MR) is 84.3 cm³/mol. The molecule has 1 aliphatic heterocycles. The number of aliphatic hydroxyl groups excluding tert-OH is 1. The molecule has 2 nitrogen and oxygen atoms in total. The first-order chi connectivity index (χ1) is 10.2. The van der Waals surface area contributed by atoms with Gasteiger partial charge in [-0.3, -0.25) is 0 Å². The summed E-state index contributed by atoms with van der Waals surface area (Å²) in [6.45, 7) is 0.680. The van der Waals surface area contributed by atoms with Crippen LogP contribution in [0.1, 0.15) is 36.5 Å².